The first-order valence-electron chi connectivity index (χ1n) is 5.66. The van der Waals surface area contributed by atoms with E-state index in [4.69, 9.17) is 21.4 Å². The molecule has 0 fully saturated rings. The number of hydrogen-bond acceptors (Lipinski definition) is 4. The number of carbonyl (C=O) groups is 1. The molecule has 0 atom stereocenters. The molecule has 5 nitrogen and oxygen atoms in total. The number of ether oxygens (including phenoxy) is 1. The van der Waals surface area contributed by atoms with Crippen LogP contribution in [0.3, 0.4) is 0 Å². The summed E-state index contributed by atoms with van der Waals surface area (Å²) < 4.78 is 5.42. The van der Waals surface area contributed by atoms with Gasteiger partial charge in [-0.3, -0.25) is 0 Å². The van der Waals surface area contributed by atoms with Gasteiger partial charge in [0.1, 0.15) is 12.1 Å². The largest absolute Gasteiger partial charge is 0.491 e. The van der Waals surface area contributed by atoms with E-state index in [0.29, 0.717) is 23.1 Å². The molecule has 1 aliphatic rings. The van der Waals surface area contributed by atoms with Crippen LogP contribution in [0.5, 0.6) is 5.75 Å². The molecule has 0 bridgehead atoms. The third-order valence-electron chi connectivity index (χ3n) is 2.92. The number of halogens is 1. The topological polar surface area (TPSA) is 72.3 Å². The molecule has 0 amide bonds. The number of hydrogen-bond donors (Lipinski definition) is 1. The smallest absolute Gasteiger partial charge is 0.354 e. The van der Waals surface area contributed by atoms with Gasteiger partial charge < -0.3 is 9.84 Å². The van der Waals surface area contributed by atoms with Crippen molar-refractivity contribution < 1.29 is 14.6 Å². The molecule has 1 aliphatic heterocycles. The number of carboxylic acids is 1. The Morgan fingerprint density at radius 2 is 2.16 bits per heavy atom. The lowest BCUT2D eigenvalue weighted by Gasteiger charge is -2.06. The lowest BCUT2D eigenvalue weighted by molar-refractivity contribution is 0.0690. The van der Waals surface area contributed by atoms with E-state index >= 15 is 0 Å². The van der Waals surface area contributed by atoms with Crippen molar-refractivity contribution in [2.75, 3.05) is 6.61 Å². The summed E-state index contributed by atoms with van der Waals surface area (Å²) in [5, 5.41) is 9.44. The minimum atomic E-state index is -1.08. The number of benzene rings is 1. The second-order valence-electron chi connectivity index (χ2n) is 4.14. The summed E-state index contributed by atoms with van der Waals surface area (Å²) in [7, 11) is 0. The van der Waals surface area contributed by atoms with Crippen LogP contribution in [0.25, 0.3) is 11.3 Å². The molecule has 2 aromatic rings. The molecule has 0 spiro atoms. The van der Waals surface area contributed by atoms with Crippen molar-refractivity contribution in [3.05, 3.63) is 40.8 Å². The molecular weight excluding hydrogens is 268 g/mol. The van der Waals surface area contributed by atoms with E-state index in [-0.39, 0.29) is 5.69 Å². The van der Waals surface area contributed by atoms with Crippen LogP contribution in [-0.2, 0) is 6.42 Å². The van der Waals surface area contributed by atoms with Gasteiger partial charge in [0.05, 0.1) is 17.3 Å². The summed E-state index contributed by atoms with van der Waals surface area (Å²) in [6.45, 7) is 0.614. The maximum atomic E-state index is 10.9. The summed E-state index contributed by atoms with van der Waals surface area (Å²) in [6.07, 6.45) is 2.02. The van der Waals surface area contributed by atoms with Crippen molar-refractivity contribution in [2.24, 2.45) is 0 Å². The highest BCUT2D eigenvalue weighted by Gasteiger charge is 2.18. The third kappa shape index (κ3) is 2.13. The number of carboxylic acid groups (broad SMARTS) is 1. The minimum absolute atomic E-state index is 0.0436. The highest BCUT2D eigenvalue weighted by Crippen LogP contribution is 2.37. The van der Waals surface area contributed by atoms with Crippen molar-refractivity contribution in [1.82, 2.24) is 9.97 Å². The summed E-state index contributed by atoms with van der Waals surface area (Å²) in [5.41, 5.74) is 2.26. The second kappa shape index (κ2) is 4.51. The number of aromatic nitrogens is 2. The lowest BCUT2D eigenvalue weighted by atomic mass is 10.1. The molecule has 1 aromatic heterocycles. The van der Waals surface area contributed by atoms with Crippen LogP contribution in [0.4, 0.5) is 0 Å². The molecule has 1 aromatic carbocycles. The molecule has 0 aliphatic carbocycles. The average Bonchev–Trinajstić information content (AvgIpc) is 2.87. The van der Waals surface area contributed by atoms with Crippen LogP contribution in [0, 0.1) is 0 Å². The maximum Gasteiger partial charge on any atom is 0.354 e. The molecular formula is C13H9ClN2O3. The van der Waals surface area contributed by atoms with E-state index < -0.39 is 5.97 Å². The van der Waals surface area contributed by atoms with Gasteiger partial charge >= 0.3 is 5.97 Å². The van der Waals surface area contributed by atoms with Gasteiger partial charge in [-0.2, -0.15) is 0 Å². The highest BCUT2D eigenvalue weighted by molar-refractivity contribution is 6.32. The molecule has 2 heterocycles. The van der Waals surface area contributed by atoms with Gasteiger partial charge in [-0.25, -0.2) is 14.8 Å². The monoisotopic (exact) mass is 276 g/mol. The minimum Gasteiger partial charge on any atom is -0.491 e. The number of fused-ring (bicyclic) bond motifs is 1. The fourth-order valence-electron chi connectivity index (χ4n) is 2.04. The molecule has 0 saturated heterocycles. The van der Waals surface area contributed by atoms with E-state index in [2.05, 4.69) is 9.97 Å². The van der Waals surface area contributed by atoms with Gasteiger partial charge in [0.15, 0.2) is 5.69 Å². The highest BCUT2D eigenvalue weighted by atomic mass is 35.5. The Morgan fingerprint density at radius 1 is 1.32 bits per heavy atom. The fourth-order valence-corrected chi connectivity index (χ4v) is 2.33. The van der Waals surface area contributed by atoms with Crippen molar-refractivity contribution in [3.8, 4) is 17.0 Å². The number of nitrogens with zero attached hydrogens (tertiary/aromatic N) is 2. The van der Waals surface area contributed by atoms with Crippen LogP contribution < -0.4 is 4.74 Å². The second-order valence-corrected chi connectivity index (χ2v) is 4.55. The Balaban J connectivity index is 2.10. The van der Waals surface area contributed by atoms with Gasteiger partial charge in [-0.05, 0) is 23.8 Å². The molecule has 3 rings (SSSR count). The first-order valence-corrected chi connectivity index (χ1v) is 6.04. The zero-order chi connectivity index (χ0) is 13.4. The standard InChI is InChI=1S/C13H9ClN2O3/c14-9-4-8(3-7-1-2-19-12(7)9)10-5-11(13(17)18)16-6-15-10/h3-6H,1-2H2,(H,17,18). The Hall–Kier alpha value is -2.14. The molecule has 1 N–H and O–H groups in total. The summed E-state index contributed by atoms with van der Waals surface area (Å²) in [5.74, 6) is -0.378. The average molecular weight is 277 g/mol. The van der Waals surface area contributed by atoms with Crippen LogP contribution in [-0.4, -0.2) is 27.7 Å². The molecule has 0 unspecified atom stereocenters. The lowest BCUT2D eigenvalue weighted by Crippen LogP contribution is -2.01. The summed E-state index contributed by atoms with van der Waals surface area (Å²) in [6, 6.07) is 5.07. The van der Waals surface area contributed by atoms with Crippen LogP contribution in [0.1, 0.15) is 16.1 Å². The number of aromatic carboxylic acids is 1. The SMILES string of the molecule is O=C(O)c1cc(-c2cc(Cl)c3c(c2)CCO3)ncn1. The zero-order valence-corrected chi connectivity index (χ0v) is 10.5. The van der Waals surface area contributed by atoms with Gasteiger partial charge in [-0.15, -0.1) is 0 Å². The molecule has 0 radical (unpaired) electrons. The van der Waals surface area contributed by atoms with E-state index in [9.17, 15) is 4.79 Å². The fraction of sp³-hybridized carbons (Fsp3) is 0.154. The maximum absolute atomic E-state index is 10.9. The van der Waals surface area contributed by atoms with Crippen LogP contribution in [0.2, 0.25) is 5.02 Å². The van der Waals surface area contributed by atoms with E-state index in [1.807, 2.05) is 6.07 Å². The van der Waals surface area contributed by atoms with Crippen molar-refractivity contribution >= 4 is 17.6 Å². The first-order chi connectivity index (χ1) is 9.15. The van der Waals surface area contributed by atoms with Crippen LogP contribution >= 0.6 is 11.6 Å². The van der Waals surface area contributed by atoms with Crippen molar-refractivity contribution in [1.29, 1.82) is 0 Å². The third-order valence-corrected chi connectivity index (χ3v) is 3.20. The Bertz CT molecular complexity index is 673. The number of rotatable bonds is 2. The van der Waals surface area contributed by atoms with Gasteiger partial charge in [-0.1, -0.05) is 11.6 Å². The molecule has 96 valence electrons. The molecule has 19 heavy (non-hydrogen) atoms. The van der Waals surface area contributed by atoms with Gasteiger partial charge in [0, 0.05) is 12.0 Å². The zero-order valence-electron chi connectivity index (χ0n) is 9.76. The Morgan fingerprint density at radius 3 is 2.95 bits per heavy atom. The van der Waals surface area contributed by atoms with Crippen molar-refractivity contribution in [2.45, 2.75) is 6.42 Å². The predicted molar refractivity (Wildman–Crippen MR) is 68.6 cm³/mol. The predicted octanol–water partition coefficient (Wildman–Crippen LogP) is 2.43. The normalized spacial score (nSPS) is 12.9. The molecule has 0 saturated carbocycles. The Labute approximate surface area is 113 Å². The summed E-state index contributed by atoms with van der Waals surface area (Å²) in [4.78, 5) is 18.7. The van der Waals surface area contributed by atoms with E-state index in [1.165, 1.54) is 12.4 Å². The van der Waals surface area contributed by atoms with Gasteiger partial charge in [0.25, 0.3) is 0 Å². The van der Waals surface area contributed by atoms with E-state index in [1.54, 1.807) is 6.07 Å². The van der Waals surface area contributed by atoms with Crippen LogP contribution in [0.15, 0.2) is 24.5 Å². The van der Waals surface area contributed by atoms with Crippen molar-refractivity contribution in [3.63, 3.8) is 0 Å². The van der Waals surface area contributed by atoms with Gasteiger partial charge in [0.2, 0.25) is 0 Å². The van der Waals surface area contributed by atoms with E-state index in [0.717, 1.165) is 17.5 Å². The quantitative estimate of drug-likeness (QED) is 0.912. The Kier molecular flexibility index (Phi) is 2.83. The first kappa shape index (κ1) is 11.9. The summed E-state index contributed by atoms with van der Waals surface area (Å²) >= 11 is 6.14. The molecule has 6 heteroatoms.